The maximum absolute atomic E-state index is 13.2. The zero-order chi connectivity index (χ0) is 24.7. The molecule has 2 saturated heterocycles. The maximum atomic E-state index is 13.2. The summed E-state index contributed by atoms with van der Waals surface area (Å²) in [6.07, 6.45) is 4.70. The molecule has 2 N–H and O–H groups in total. The van der Waals surface area contributed by atoms with Gasteiger partial charge in [0.15, 0.2) is 0 Å². The Morgan fingerprint density at radius 1 is 1.17 bits per heavy atom. The van der Waals surface area contributed by atoms with E-state index in [0.717, 1.165) is 75.9 Å². The molecule has 36 heavy (non-hydrogen) atoms. The third kappa shape index (κ3) is 6.43. The number of likely N-dealkylation sites (tertiary alicyclic amines) is 1. The summed E-state index contributed by atoms with van der Waals surface area (Å²) < 4.78 is 11.5. The normalized spacial score (nSPS) is 21.5. The SMILES string of the molecule is Cc1ccc(OC[C@H]2C[C@@H](C(=O)NCCN3CCOCC3)CN(Cc3c[nH]c4ccccc34)C2)cn1. The molecular weight excluding hydrogens is 454 g/mol. The van der Waals surface area contributed by atoms with Crippen LogP contribution in [0.4, 0.5) is 0 Å². The van der Waals surface area contributed by atoms with Crippen molar-refractivity contribution in [2.24, 2.45) is 11.8 Å². The van der Waals surface area contributed by atoms with E-state index in [-0.39, 0.29) is 17.7 Å². The number of aromatic nitrogens is 2. The monoisotopic (exact) mass is 491 g/mol. The fraction of sp³-hybridized carbons (Fsp3) is 0.500. The number of carbonyl (C=O) groups excluding carboxylic acids is 1. The van der Waals surface area contributed by atoms with Crippen LogP contribution in [-0.4, -0.2) is 84.8 Å². The molecule has 2 fully saturated rings. The highest BCUT2D eigenvalue weighted by molar-refractivity contribution is 5.83. The number of nitrogens with one attached hydrogen (secondary N) is 2. The van der Waals surface area contributed by atoms with Gasteiger partial charge in [-0.2, -0.15) is 0 Å². The van der Waals surface area contributed by atoms with Gasteiger partial charge in [-0.05, 0) is 37.1 Å². The van der Waals surface area contributed by atoms with Gasteiger partial charge in [0.05, 0.1) is 31.9 Å². The molecule has 0 saturated carbocycles. The van der Waals surface area contributed by atoms with Crippen LogP contribution in [-0.2, 0) is 16.1 Å². The Balaban J connectivity index is 1.22. The molecule has 0 radical (unpaired) electrons. The summed E-state index contributed by atoms with van der Waals surface area (Å²) in [7, 11) is 0. The highest BCUT2D eigenvalue weighted by Crippen LogP contribution is 2.27. The summed E-state index contributed by atoms with van der Waals surface area (Å²) >= 11 is 0. The molecule has 1 aromatic carbocycles. The van der Waals surface area contributed by atoms with E-state index in [1.807, 2.05) is 25.1 Å². The predicted molar refractivity (Wildman–Crippen MR) is 140 cm³/mol. The van der Waals surface area contributed by atoms with E-state index in [0.29, 0.717) is 13.2 Å². The minimum absolute atomic E-state index is 0.0570. The first-order valence-corrected chi connectivity index (χ1v) is 13.0. The number of hydrogen-bond donors (Lipinski definition) is 2. The standard InChI is InChI=1S/C28H37N5O3/c1-21-6-7-25(16-30-21)36-20-22-14-23(28(34)29-8-9-32-10-12-35-13-11-32)18-33(17-22)19-24-15-31-27-5-3-2-4-26(24)27/h2-7,15-16,22-23,31H,8-14,17-20H2,1H3,(H,29,34)/t22-,23+/m0/s1. The van der Waals surface area contributed by atoms with Crippen molar-refractivity contribution in [3.8, 4) is 5.75 Å². The predicted octanol–water partition coefficient (Wildman–Crippen LogP) is 2.84. The van der Waals surface area contributed by atoms with Crippen molar-refractivity contribution in [3.05, 3.63) is 60.0 Å². The average molecular weight is 492 g/mol. The number of H-pyrrole nitrogens is 1. The van der Waals surface area contributed by atoms with Crippen LogP contribution in [0.3, 0.4) is 0 Å². The number of ether oxygens (including phenoxy) is 2. The van der Waals surface area contributed by atoms with Gasteiger partial charge in [0.25, 0.3) is 0 Å². The number of carbonyl (C=O) groups is 1. The molecule has 2 aliphatic rings. The van der Waals surface area contributed by atoms with Crippen molar-refractivity contribution in [1.82, 2.24) is 25.1 Å². The van der Waals surface area contributed by atoms with E-state index in [1.54, 1.807) is 6.20 Å². The summed E-state index contributed by atoms with van der Waals surface area (Å²) in [5, 5.41) is 4.45. The third-order valence-electron chi connectivity index (χ3n) is 7.25. The average Bonchev–Trinajstić information content (AvgIpc) is 3.31. The molecule has 4 heterocycles. The molecule has 8 heteroatoms. The minimum Gasteiger partial charge on any atom is -0.492 e. The van der Waals surface area contributed by atoms with E-state index < -0.39 is 0 Å². The van der Waals surface area contributed by atoms with Crippen molar-refractivity contribution in [2.75, 3.05) is 59.1 Å². The fourth-order valence-corrected chi connectivity index (χ4v) is 5.31. The summed E-state index contributed by atoms with van der Waals surface area (Å²) in [6.45, 7) is 9.97. The largest absolute Gasteiger partial charge is 0.492 e. The second-order valence-electron chi connectivity index (χ2n) is 10.0. The van der Waals surface area contributed by atoms with Gasteiger partial charge in [-0.25, -0.2) is 0 Å². The lowest BCUT2D eigenvalue weighted by atomic mass is 9.88. The molecule has 3 aromatic rings. The molecule has 0 spiro atoms. The van der Waals surface area contributed by atoms with Crippen molar-refractivity contribution >= 4 is 16.8 Å². The highest BCUT2D eigenvalue weighted by Gasteiger charge is 2.32. The summed E-state index contributed by atoms with van der Waals surface area (Å²) in [5.41, 5.74) is 3.38. The van der Waals surface area contributed by atoms with Crippen LogP contribution in [0.25, 0.3) is 10.9 Å². The van der Waals surface area contributed by atoms with Crippen molar-refractivity contribution in [1.29, 1.82) is 0 Å². The molecule has 2 aromatic heterocycles. The van der Waals surface area contributed by atoms with Crippen molar-refractivity contribution in [3.63, 3.8) is 0 Å². The first kappa shape index (κ1) is 24.7. The summed E-state index contributed by atoms with van der Waals surface area (Å²) in [4.78, 5) is 25.7. The lowest BCUT2D eigenvalue weighted by Gasteiger charge is -2.37. The Morgan fingerprint density at radius 3 is 2.86 bits per heavy atom. The second kappa shape index (κ2) is 11.9. The van der Waals surface area contributed by atoms with Crippen LogP contribution >= 0.6 is 0 Å². The first-order chi connectivity index (χ1) is 17.6. The van der Waals surface area contributed by atoms with Gasteiger partial charge in [0, 0.05) is 74.5 Å². The van der Waals surface area contributed by atoms with Crippen LogP contribution < -0.4 is 10.1 Å². The molecule has 0 aliphatic carbocycles. The van der Waals surface area contributed by atoms with Crippen molar-refractivity contribution in [2.45, 2.75) is 19.9 Å². The third-order valence-corrected chi connectivity index (χ3v) is 7.25. The number of para-hydroxylation sites is 1. The lowest BCUT2D eigenvalue weighted by Crippen LogP contribution is -2.48. The molecule has 1 amide bonds. The first-order valence-electron chi connectivity index (χ1n) is 13.0. The van der Waals surface area contributed by atoms with Crippen LogP contribution in [0.1, 0.15) is 17.7 Å². The quantitative estimate of drug-likeness (QED) is 0.479. The van der Waals surface area contributed by atoms with Crippen LogP contribution in [0.2, 0.25) is 0 Å². The Hall–Kier alpha value is -2.94. The summed E-state index contributed by atoms with van der Waals surface area (Å²) in [5.74, 6) is 1.13. The zero-order valence-electron chi connectivity index (χ0n) is 21.1. The highest BCUT2D eigenvalue weighted by atomic mass is 16.5. The van der Waals surface area contributed by atoms with Gasteiger partial charge in [-0.3, -0.25) is 19.6 Å². The van der Waals surface area contributed by atoms with Gasteiger partial charge >= 0.3 is 0 Å². The molecule has 5 rings (SSSR count). The van der Waals surface area contributed by atoms with E-state index in [1.165, 1.54) is 10.9 Å². The molecule has 0 unspecified atom stereocenters. The van der Waals surface area contributed by atoms with Crippen LogP contribution in [0.15, 0.2) is 48.8 Å². The number of hydrogen-bond acceptors (Lipinski definition) is 6. The van der Waals surface area contributed by atoms with Crippen LogP contribution in [0, 0.1) is 18.8 Å². The number of aromatic amines is 1. The van der Waals surface area contributed by atoms with Crippen LogP contribution in [0.5, 0.6) is 5.75 Å². The van der Waals surface area contributed by atoms with E-state index in [4.69, 9.17) is 9.47 Å². The number of benzene rings is 1. The van der Waals surface area contributed by atoms with Crippen molar-refractivity contribution < 1.29 is 14.3 Å². The Morgan fingerprint density at radius 2 is 2.03 bits per heavy atom. The van der Waals surface area contributed by atoms with Gasteiger partial charge in [-0.1, -0.05) is 18.2 Å². The molecule has 0 bridgehead atoms. The number of aryl methyl sites for hydroxylation is 1. The topological polar surface area (TPSA) is 82.7 Å². The summed E-state index contributed by atoms with van der Waals surface area (Å²) in [6, 6.07) is 12.3. The molecule has 8 nitrogen and oxygen atoms in total. The van der Waals surface area contributed by atoms with Gasteiger partial charge in [0.2, 0.25) is 5.91 Å². The fourth-order valence-electron chi connectivity index (χ4n) is 5.31. The Kier molecular flexibility index (Phi) is 8.15. The van der Waals surface area contributed by atoms with E-state index in [2.05, 4.69) is 49.5 Å². The maximum Gasteiger partial charge on any atom is 0.224 e. The number of fused-ring (bicyclic) bond motifs is 1. The van der Waals surface area contributed by atoms with Gasteiger partial charge in [-0.15, -0.1) is 0 Å². The lowest BCUT2D eigenvalue weighted by molar-refractivity contribution is -0.127. The molecule has 192 valence electrons. The zero-order valence-corrected chi connectivity index (χ0v) is 21.1. The number of amides is 1. The smallest absolute Gasteiger partial charge is 0.224 e. The Bertz CT molecular complexity index is 1130. The van der Waals surface area contributed by atoms with E-state index in [9.17, 15) is 4.79 Å². The van der Waals surface area contributed by atoms with Gasteiger partial charge in [0.1, 0.15) is 5.75 Å². The number of nitrogens with zero attached hydrogens (tertiary/aromatic N) is 3. The Labute approximate surface area is 213 Å². The molecular formula is C28H37N5O3. The minimum atomic E-state index is -0.0570. The number of morpholine rings is 1. The van der Waals surface area contributed by atoms with Gasteiger partial charge < -0.3 is 19.8 Å². The number of rotatable bonds is 9. The molecule has 2 aliphatic heterocycles. The number of piperidine rings is 1. The molecule has 2 atom stereocenters. The second-order valence-corrected chi connectivity index (χ2v) is 10.0. The van der Waals surface area contributed by atoms with E-state index >= 15 is 0 Å². The number of pyridine rings is 1.